The van der Waals surface area contributed by atoms with Gasteiger partial charge in [-0.05, 0) is 55.0 Å². The third-order valence-corrected chi connectivity index (χ3v) is 5.59. The quantitative estimate of drug-likeness (QED) is 0.252. The molecular formula is C26H22ClF5N2O6. The number of anilines is 1. The number of carbonyl (C=O) groups excluding carboxylic acids is 2. The van der Waals surface area contributed by atoms with Crippen LogP contribution in [0, 0.1) is 18.6 Å². The van der Waals surface area contributed by atoms with Gasteiger partial charge in [0.05, 0.1) is 16.1 Å². The molecule has 0 fully saturated rings. The van der Waals surface area contributed by atoms with Crippen molar-refractivity contribution in [2.45, 2.75) is 19.2 Å². The number of ether oxygens (including phenoxy) is 2. The van der Waals surface area contributed by atoms with Gasteiger partial charge in [0, 0.05) is 18.3 Å². The van der Waals surface area contributed by atoms with E-state index < -0.39 is 76.6 Å². The predicted octanol–water partition coefficient (Wildman–Crippen LogP) is 4.84. The highest BCUT2D eigenvalue weighted by Gasteiger charge is 2.35. The molecule has 3 rings (SSSR count). The molecular weight excluding hydrogens is 567 g/mol. The maximum absolute atomic E-state index is 14.2. The summed E-state index contributed by atoms with van der Waals surface area (Å²) in [4.78, 5) is 24.1. The molecule has 0 bridgehead atoms. The van der Waals surface area contributed by atoms with E-state index in [9.17, 15) is 36.6 Å². The van der Waals surface area contributed by atoms with E-state index in [1.165, 1.54) is 13.0 Å². The van der Waals surface area contributed by atoms with E-state index in [2.05, 4.69) is 10.6 Å². The molecule has 0 heterocycles. The number of aliphatic hydroxyl groups excluding tert-OH is 2. The zero-order valence-corrected chi connectivity index (χ0v) is 21.4. The van der Waals surface area contributed by atoms with Crippen molar-refractivity contribution in [3.63, 3.8) is 0 Å². The van der Waals surface area contributed by atoms with Crippen molar-refractivity contribution >= 4 is 29.1 Å². The van der Waals surface area contributed by atoms with Crippen molar-refractivity contribution in [3.8, 4) is 17.2 Å². The number of hydrogen-bond acceptors (Lipinski definition) is 6. The van der Waals surface area contributed by atoms with Gasteiger partial charge in [-0.1, -0.05) is 11.6 Å². The highest BCUT2D eigenvalue weighted by molar-refractivity contribution is 6.32. The van der Waals surface area contributed by atoms with Crippen molar-refractivity contribution < 1.29 is 51.2 Å². The van der Waals surface area contributed by atoms with E-state index in [0.717, 1.165) is 36.4 Å². The Morgan fingerprint density at radius 2 is 1.75 bits per heavy atom. The molecule has 14 heteroatoms. The van der Waals surface area contributed by atoms with Crippen molar-refractivity contribution in [1.82, 2.24) is 5.32 Å². The van der Waals surface area contributed by atoms with Crippen LogP contribution in [0.5, 0.6) is 17.2 Å². The van der Waals surface area contributed by atoms with Gasteiger partial charge in [0.25, 0.3) is 5.91 Å². The molecule has 0 aliphatic heterocycles. The number of carbonyl (C=O) groups is 2. The summed E-state index contributed by atoms with van der Waals surface area (Å²) in [6, 6.07) is 7.73. The number of aryl methyl sites for hydroxylation is 1. The van der Waals surface area contributed by atoms with Crippen molar-refractivity contribution in [2.24, 2.45) is 0 Å². The standard InChI is InChI=1S/C26H22ClF5N2O6/c1-13-6-14(28)2-5-21(13)40-22-9-18(26(30,31)32)19(27)8-17(22)25(38)34-15-3-4-20(29)23(7-15)39-12-16(36)10-33-24(37)11-35/h2-9,16,35-36H,10-12H2,1H3,(H,33,37)(H,34,38)/t16-/m0/s1. The van der Waals surface area contributed by atoms with Crippen molar-refractivity contribution in [3.05, 3.63) is 81.9 Å². The Hall–Kier alpha value is -3.94. The summed E-state index contributed by atoms with van der Waals surface area (Å²) >= 11 is 5.82. The first-order chi connectivity index (χ1) is 18.8. The first-order valence-electron chi connectivity index (χ1n) is 11.4. The van der Waals surface area contributed by atoms with Crippen LogP contribution in [0.15, 0.2) is 48.5 Å². The van der Waals surface area contributed by atoms with Gasteiger partial charge in [0.1, 0.15) is 36.6 Å². The van der Waals surface area contributed by atoms with Gasteiger partial charge >= 0.3 is 6.18 Å². The fourth-order valence-corrected chi connectivity index (χ4v) is 3.57. The molecule has 0 saturated heterocycles. The van der Waals surface area contributed by atoms with E-state index in [1.54, 1.807) is 0 Å². The maximum atomic E-state index is 14.2. The van der Waals surface area contributed by atoms with Crippen LogP contribution in [-0.4, -0.2) is 47.9 Å². The van der Waals surface area contributed by atoms with Gasteiger partial charge < -0.3 is 30.3 Å². The summed E-state index contributed by atoms with van der Waals surface area (Å²) < 4.78 is 79.0. The summed E-state index contributed by atoms with van der Waals surface area (Å²) in [6.07, 6.45) is -6.14. The molecule has 0 saturated carbocycles. The van der Waals surface area contributed by atoms with Crippen LogP contribution in [0.4, 0.5) is 27.6 Å². The molecule has 1 atom stereocenters. The maximum Gasteiger partial charge on any atom is 0.417 e. The predicted molar refractivity (Wildman–Crippen MR) is 134 cm³/mol. The molecule has 3 aromatic carbocycles. The molecule has 4 N–H and O–H groups in total. The zero-order valence-electron chi connectivity index (χ0n) is 20.6. The monoisotopic (exact) mass is 588 g/mol. The highest BCUT2D eigenvalue weighted by atomic mass is 35.5. The highest BCUT2D eigenvalue weighted by Crippen LogP contribution is 2.40. The number of nitrogens with one attached hydrogen (secondary N) is 2. The molecule has 214 valence electrons. The third kappa shape index (κ3) is 8.04. The van der Waals surface area contributed by atoms with Crippen LogP contribution < -0.4 is 20.1 Å². The second kappa shape index (κ2) is 12.9. The summed E-state index contributed by atoms with van der Waals surface area (Å²) in [6.45, 7) is -0.0907. The fraction of sp³-hybridized carbons (Fsp3) is 0.231. The zero-order chi connectivity index (χ0) is 29.6. The smallest absolute Gasteiger partial charge is 0.417 e. The fourth-order valence-electron chi connectivity index (χ4n) is 3.30. The van der Waals surface area contributed by atoms with Crippen molar-refractivity contribution in [2.75, 3.05) is 25.1 Å². The topological polar surface area (TPSA) is 117 Å². The molecule has 0 aromatic heterocycles. The number of rotatable bonds is 10. The largest absolute Gasteiger partial charge is 0.488 e. The van der Waals surface area contributed by atoms with Crippen molar-refractivity contribution in [1.29, 1.82) is 0 Å². The number of halogens is 6. The van der Waals surface area contributed by atoms with E-state index >= 15 is 0 Å². The number of benzene rings is 3. The Morgan fingerprint density at radius 1 is 1.02 bits per heavy atom. The number of amides is 2. The Morgan fingerprint density at radius 3 is 2.40 bits per heavy atom. The van der Waals surface area contributed by atoms with Gasteiger partial charge in [-0.3, -0.25) is 9.59 Å². The van der Waals surface area contributed by atoms with Crippen LogP contribution in [0.25, 0.3) is 0 Å². The molecule has 0 aliphatic carbocycles. The van der Waals surface area contributed by atoms with Crippen LogP contribution >= 0.6 is 11.6 Å². The minimum Gasteiger partial charge on any atom is -0.488 e. The molecule has 3 aromatic rings. The lowest BCUT2D eigenvalue weighted by Crippen LogP contribution is -2.36. The molecule has 2 amide bonds. The van der Waals surface area contributed by atoms with Crippen LogP contribution in [0.3, 0.4) is 0 Å². The Bertz CT molecular complexity index is 1400. The summed E-state index contributed by atoms with van der Waals surface area (Å²) in [5, 5.41) is 22.3. The Kier molecular flexibility index (Phi) is 9.90. The average Bonchev–Trinajstić information content (AvgIpc) is 2.88. The summed E-state index contributed by atoms with van der Waals surface area (Å²) in [5.41, 5.74) is -1.48. The first-order valence-corrected chi connectivity index (χ1v) is 11.8. The average molecular weight is 589 g/mol. The second-order valence-electron chi connectivity index (χ2n) is 8.36. The second-order valence-corrected chi connectivity index (χ2v) is 8.77. The van der Waals surface area contributed by atoms with E-state index in [0.29, 0.717) is 6.07 Å². The lowest BCUT2D eigenvalue weighted by atomic mass is 10.1. The molecule has 0 aliphatic rings. The SMILES string of the molecule is Cc1cc(F)ccc1Oc1cc(C(F)(F)F)c(Cl)cc1C(=O)Nc1ccc(F)c(OC[C@@H](O)CNC(=O)CO)c1. The van der Waals surface area contributed by atoms with Crippen LogP contribution in [-0.2, 0) is 11.0 Å². The molecule has 8 nitrogen and oxygen atoms in total. The van der Waals surface area contributed by atoms with E-state index in [1.807, 2.05) is 0 Å². The van der Waals surface area contributed by atoms with Gasteiger partial charge in [-0.2, -0.15) is 13.2 Å². The molecule has 40 heavy (non-hydrogen) atoms. The Labute approximate surface area is 229 Å². The third-order valence-electron chi connectivity index (χ3n) is 5.27. The summed E-state index contributed by atoms with van der Waals surface area (Å²) in [7, 11) is 0. The first kappa shape index (κ1) is 30.6. The van der Waals surface area contributed by atoms with E-state index in [-0.39, 0.29) is 23.5 Å². The Balaban J connectivity index is 1.86. The van der Waals surface area contributed by atoms with Gasteiger partial charge in [0.15, 0.2) is 11.6 Å². The van der Waals surface area contributed by atoms with E-state index in [4.69, 9.17) is 26.2 Å². The summed E-state index contributed by atoms with van der Waals surface area (Å²) in [5.74, 6) is -4.13. The number of aliphatic hydroxyl groups is 2. The van der Waals surface area contributed by atoms with Gasteiger partial charge in [0.2, 0.25) is 5.91 Å². The van der Waals surface area contributed by atoms with Gasteiger partial charge in [-0.25, -0.2) is 8.78 Å². The lowest BCUT2D eigenvalue weighted by molar-refractivity contribution is -0.137. The van der Waals surface area contributed by atoms with Gasteiger partial charge in [-0.15, -0.1) is 0 Å². The number of hydrogen-bond donors (Lipinski definition) is 4. The molecule has 0 unspecified atom stereocenters. The van der Waals surface area contributed by atoms with Crippen LogP contribution in [0.1, 0.15) is 21.5 Å². The minimum atomic E-state index is -4.88. The minimum absolute atomic E-state index is 0.0166. The van der Waals surface area contributed by atoms with Crippen LogP contribution in [0.2, 0.25) is 5.02 Å². The normalized spacial score (nSPS) is 12.0. The molecule has 0 spiro atoms. The molecule has 0 radical (unpaired) electrons. The lowest BCUT2D eigenvalue weighted by Gasteiger charge is -2.17. The number of alkyl halides is 3.